The van der Waals surface area contributed by atoms with Gasteiger partial charge in [0.2, 0.25) is 0 Å². The molecule has 0 N–H and O–H groups in total. The monoisotopic (exact) mass is 252 g/mol. The lowest BCUT2D eigenvalue weighted by atomic mass is 10.1. The fourth-order valence-electron chi connectivity index (χ4n) is 2.24. The van der Waals surface area contributed by atoms with Crippen LogP contribution in [0.3, 0.4) is 0 Å². The number of fused-ring (bicyclic) bond motifs is 3. The number of thiophene rings is 1. The summed E-state index contributed by atoms with van der Waals surface area (Å²) in [5, 5.41) is 1.11. The summed E-state index contributed by atoms with van der Waals surface area (Å²) in [5.41, 5.74) is 1.02. The molecule has 1 aliphatic heterocycles. The van der Waals surface area contributed by atoms with E-state index in [1.165, 1.54) is 4.70 Å². The van der Waals surface area contributed by atoms with Crippen molar-refractivity contribution >= 4 is 31.3 Å². The fourth-order valence-corrected chi connectivity index (χ4v) is 5.50. The van der Waals surface area contributed by atoms with E-state index in [-0.39, 0.29) is 5.75 Å². The minimum atomic E-state index is -3.02. The van der Waals surface area contributed by atoms with E-state index in [1.54, 1.807) is 11.3 Å². The van der Waals surface area contributed by atoms with Gasteiger partial charge < -0.3 is 0 Å². The highest BCUT2D eigenvalue weighted by Crippen LogP contribution is 2.48. The Morgan fingerprint density at radius 1 is 1.25 bits per heavy atom. The lowest BCUT2D eigenvalue weighted by Gasteiger charge is -2.16. The van der Waals surface area contributed by atoms with Gasteiger partial charge in [0.1, 0.15) is 4.75 Å². The first kappa shape index (κ1) is 10.3. The molecule has 3 rings (SSSR count). The van der Waals surface area contributed by atoms with E-state index in [4.69, 9.17) is 0 Å². The van der Waals surface area contributed by atoms with Crippen LogP contribution in [0.15, 0.2) is 24.3 Å². The Hall–Kier alpha value is -0.870. The van der Waals surface area contributed by atoms with Crippen LogP contribution in [0.4, 0.5) is 0 Å². The molecule has 4 heteroatoms. The Morgan fingerprint density at radius 3 is 2.69 bits per heavy atom. The molecule has 0 unspecified atom stereocenters. The summed E-state index contributed by atoms with van der Waals surface area (Å²) in [5.74, 6) is 0.194. The van der Waals surface area contributed by atoms with Crippen LogP contribution in [0.25, 0.3) is 10.1 Å². The zero-order valence-corrected chi connectivity index (χ0v) is 10.8. The molecule has 2 aromatic rings. The Labute approximate surface area is 98.8 Å². The van der Waals surface area contributed by atoms with Crippen LogP contribution in [0.5, 0.6) is 0 Å². The van der Waals surface area contributed by atoms with Crippen LogP contribution in [-0.4, -0.2) is 8.42 Å². The number of benzene rings is 1. The summed E-state index contributed by atoms with van der Waals surface area (Å²) in [6, 6.07) is 8.03. The van der Waals surface area contributed by atoms with Gasteiger partial charge in [-0.05, 0) is 30.9 Å². The number of rotatable bonds is 0. The third kappa shape index (κ3) is 1.09. The van der Waals surface area contributed by atoms with Crippen LogP contribution < -0.4 is 0 Å². The van der Waals surface area contributed by atoms with Gasteiger partial charge in [0.15, 0.2) is 9.84 Å². The van der Waals surface area contributed by atoms with Crippen LogP contribution in [0.1, 0.15) is 24.3 Å². The van der Waals surface area contributed by atoms with Crippen molar-refractivity contribution in [1.29, 1.82) is 0 Å². The SMILES string of the molecule is CC1(C)c2sc3ccccc3c2CS1(=O)=O. The summed E-state index contributed by atoms with van der Waals surface area (Å²) in [6.07, 6.45) is 0. The lowest BCUT2D eigenvalue weighted by molar-refractivity contribution is 0.565. The molecule has 1 aliphatic rings. The standard InChI is InChI=1S/C12H12O2S2/c1-12(2)11-9(7-16(12,13)14)8-5-3-4-6-10(8)15-11/h3-6H,7H2,1-2H3. The van der Waals surface area contributed by atoms with Gasteiger partial charge in [-0.15, -0.1) is 11.3 Å². The van der Waals surface area contributed by atoms with Crippen molar-refractivity contribution in [2.24, 2.45) is 0 Å². The van der Waals surface area contributed by atoms with Gasteiger partial charge in [-0.3, -0.25) is 0 Å². The number of sulfone groups is 1. The molecule has 0 bridgehead atoms. The molecule has 0 radical (unpaired) electrons. The van der Waals surface area contributed by atoms with E-state index in [2.05, 4.69) is 6.07 Å². The average molecular weight is 252 g/mol. The summed E-state index contributed by atoms with van der Waals surface area (Å²) in [7, 11) is -3.02. The zero-order valence-electron chi connectivity index (χ0n) is 9.15. The Balaban J connectivity index is 2.43. The van der Waals surface area contributed by atoms with Crippen molar-refractivity contribution in [2.75, 3.05) is 0 Å². The van der Waals surface area contributed by atoms with Crippen molar-refractivity contribution < 1.29 is 8.42 Å². The first-order chi connectivity index (χ1) is 7.43. The highest BCUT2D eigenvalue weighted by molar-refractivity contribution is 7.92. The van der Waals surface area contributed by atoms with Gasteiger partial charge >= 0.3 is 0 Å². The third-order valence-electron chi connectivity index (χ3n) is 3.36. The summed E-state index contributed by atoms with van der Waals surface area (Å²) in [6.45, 7) is 3.62. The molecule has 0 saturated carbocycles. The van der Waals surface area contributed by atoms with E-state index in [0.717, 1.165) is 15.8 Å². The normalized spacial score (nSPS) is 21.1. The average Bonchev–Trinajstić information content (AvgIpc) is 2.64. The maximum absolute atomic E-state index is 12.1. The maximum atomic E-state index is 12.1. The first-order valence-corrected chi connectivity index (χ1v) is 7.63. The quantitative estimate of drug-likeness (QED) is 0.722. The summed E-state index contributed by atoms with van der Waals surface area (Å²) >= 11 is 1.62. The van der Waals surface area contributed by atoms with Crippen molar-refractivity contribution in [2.45, 2.75) is 24.3 Å². The minimum Gasteiger partial charge on any atom is -0.228 e. The van der Waals surface area contributed by atoms with Gasteiger partial charge in [0.25, 0.3) is 0 Å². The fraction of sp³-hybridized carbons (Fsp3) is 0.333. The van der Waals surface area contributed by atoms with Crippen LogP contribution in [0, 0.1) is 0 Å². The molecule has 2 nitrogen and oxygen atoms in total. The molecule has 84 valence electrons. The Morgan fingerprint density at radius 2 is 1.94 bits per heavy atom. The number of hydrogen-bond donors (Lipinski definition) is 0. The highest BCUT2D eigenvalue weighted by atomic mass is 32.2. The van der Waals surface area contributed by atoms with Gasteiger partial charge in [0.05, 0.1) is 5.75 Å². The third-order valence-corrected chi connectivity index (χ3v) is 7.45. The van der Waals surface area contributed by atoms with E-state index in [9.17, 15) is 8.42 Å². The highest BCUT2D eigenvalue weighted by Gasteiger charge is 2.46. The van der Waals surface area contributed by atoms with Gasteiger partial charge in [-0.25, -0.2) is 8.42 Å². The zero-order chi connectivity index (χ0) is 11.6. The molecule has 0 saturated heterocycles. The van der Waals surface area contributed by atoms with Crippen LogP contribution >= 0.6 is 11.3 Å². The summed E-state index contributed by atoms with van der Waals surface area (Å²) in [4.78, 5) is 1.02. The first-order valence-electron chi connectivity index (χ1n) is 5.17. The Bertz CT molecular complexity index is 678. The molecule has 0 atom stereocenters. The van der Waals surface area contributed by atoms with E-state index < -0.39 is 14.6 Å². The molecule has 1 aromatic carbocycles. The molecule has 2 heterocycles. The smallest absolute Gasteiger partial charge is 0.164 e. The molecular formula is C12H12O2S2. The number of hydrogen-bond acceptors (Lipinski definition) is 3. The summed E-state index contributed by atoms with van der Waals surface area (Å²) < 4.78 is 24.6. The molecule has 0 aliphatic carbocycles. The van der Waals surface area contributed by atoms with Crippen molar-refractivity contribution in [1.82, 2.24) is 0 Å². The van der Waals surface area contributed by atoms with E-state index in [0.29, 0.717) is 0 Å². The van der Waals surface area contributed by atoms with E-state index >= 15 is 0 Å². The van der Waals surface area contributed by atoms with Crippen molar-refractivity contribution in [3.05, 3.63) is 34.7 Å². The second kappa shape index (κ2) is 2.87. The molecule has 1 aromatic heterocycles. The second-order valence-corrected chi connectivity index (χ2v) is 8.27. The van der Waals surface area contributed by atoms with Gasteiger partial charge in [-0.1, -0.05) is 18.2 Å². The van der Waals surface area contributed by atoms with Crippen LogP contribution in [-0.2, 0) is 20.3 Å². The molecule has 16 heavy (non-hydrogen) atoms. The van der Waals surface area contributed by atoms with Gasteiger partial charge in [0, 0.05) is 9.58 Å². The molecule has 0 spiro atoms. The van der Waals surface area contributed by atoms with E-state index in [1.807, 2.05) is 32.0 Å². The largest absolute Gasteiger partial charge is 0.228 e. The van der Waals surface area contributed by atoms with Gasteiger partial charge in [-0.2, -0.15) is 0 Å². The molecular weight excluding hydrogens is 240 g/mol. The predicted octanol–water partition coefficient (Wildman–Crippen LogP) is 3.06. The molecule has 0 amide bonds. The molecule has 0 fully saturated rings. The lowest BCUT2D eigenvalue weighted by Crippen LogP contribution is -2.23. The van der Waals surface area contributed by atoms with Crippen molar-refractivity contribution in [3.8, 4) is 0 Å². The minimum absolute atomic E-state index is 0.194. The van der Waals surface area contributed by atoms with Crippen LogP contribution in [0.2, 0.25) is 0 Å². The maximum Gasteiger partial charge on any atom is 0.164 e. The topological polar surface area (TPSA) is 34.1 Å². The Kier molecular flexibility index (Phi) is 1.85. The second-order valence-electron chi connectivity index (χ2n) is 4.68. The predicted molar refractivity (Wildman–Crippen MR) is 67.5 cm³/mol. The van der Waals surface area contributed by atoms with Crippen molar-refractivity contribution in [3.63, 3.8) is 0 Å².